The van der Waals surface area contributed by atoms with E-state index in [9.17, 15) is 4.79 Å². The number of carboxylic acids is 1. The van der Waals surface area contributed by atoms with Gasteiger partial charge in [-0.15, -0.1) is 0 Å². The van der Waals surface area contributed by atoms with Crippen molar-refractivity contribution in [1.82, 2.24) is 15.0 Å². The zero-order valence-corrected chi connectivity index (χ0v) is 21.8. The number of ether oxygens (including phenoxy) is 1. The van der Waals surface area contributed by atoms with Gasteiger partial charge in [0.05, 0.1) is 15.9 Å². The largest absolute Gasteiger partial charge is 0.479 e. The Balaban J connectivity index is 1.40. The van der Waals surface area contributed by atoms with Gasteiger partial charge in [-0.3, -0.25) is 0 Å². The molecule has 0 amide bonds. The highest BCUT2D eigenvalue weighted by molar-refractivity contribution is 7.22. The standard InChI is InChI=1S/C29H27N5O3S/c1-3-19-9-14-24-25(16-19)38-29(32-24)34-26-17-22(15-20-7-5-4-6-8-20)31-28(33-26)30-21-10-12-23(13-11-21)37-18(2)27(35)36/h4-14,16-18H,3,15H2,1-2H3,(H,35,36)(H2,30,31,32,33,34). The number of hydrogen-bond donors (Lipinski definition) is 3. The lowest BCUT2D eigenvalue weighted by atomic mass is 10.1. The molecule has 8 nitrogen and oxygen atoms in total. The molecule has 0 bridgehead atoms. The van der Waals surface area contributed by atoms with Crippen molar-refractivity contribution in [2.45, 2.75) is 32.8 Å². The van der Waals surface area contributed by atoms with Crippen LogP contribution in [0.3, 0.4) is 0 Å². The Morgan fingerprint density at radius 3 is 2.47 bits per heavy atom. The lowest BCUT2D eigenvalue weighted by Gasteiger charge is -2.12. The molecule has 192 valence electrons. The van der Waals surface area contributed by atoms with Crippen molar-refractivity contribution in [3.05, 3.63) is 95.7 Å². The second-order valence-electron chi connectivity index (χ2n) is 8.78. The average molecular weight is 526 g/mol. The number of rotatable bonds is 10. The van der Waals surface area contributed by atoms with Gasteiger partial charge >= 0.3 is 5.97 Å². The van der Waals surface area contributed by atoms with Crippen LogP contribution < -0.4 is 15.4 Å². The third-order valence-electron chi connectivity index (χ3n) is 5.87. The van der Waals surface area contributed by atoms with Crippen molar-refractivity contribution < 1.29 is 14.6 Å². The first-order valence-corrected chi connectivity index (χ1v) is 13.1. The molecule has 0 radical (unpaired) electrons. The van der Waals surface area contributed by atoms with E-state index < -0.39 is 12.1 Å². The highest BCUT2D eigenvalue weighted by atomic mass is 32.1. The predicted octanol–water partition coefficient (Wildman–Crippen LogP) is 6.58. The third-order valence-corrected chi connectivity index (χ3v) is 6.81. The van der Waals surface area contributed by atoms with Crippen LogP contribution in [0.1, 0.15) is 30.7 Å². The first kappa shape index (κ1) is 25.2. The Morgan fingerprint density at radius 1 is 0.947 bits per heavy atom. The average Bonchev–Trinajstić information content (AvgIpc) is 3.31. The molecule has 3 aromatic carbocycles. The summed E-state index contributed by atoms with van der Waals surface area (Å²) in [6.07, 6.45) is 0.690. The first-order valence-electron chi connectivity index (χ1n) is 12.3. The monoisotopic (exact) mass is 525 g/mol. The fourth-order valence-corrected chi connectivity index (χ4v) is 4.80. The van der Waals surface area contributed by atoms with Crippen molar-refractivity contribution in [2.24, 2.45) is 0 Å². The van der Waals surface area contributed by atoms with Crippen molar-refractivity contribution in [3.8, 4) is 5.75 Å². The van der Waals surface area contributed by atoms with E-state index in [1.807, 2.05) is 30.3 Å². The van der Waals surface area contributed by atoms with Gasteiger partial charge in [0.15, 0.2) is 11.2 Å². The number of nitrogens with one attached hydrogen (secondary N) is 2. The number of aliphatic carboxylic acids is 1. The molecule has 9 heteroatoms. The minimum atomic E-state index is -1.02. The van der Waals surface area contributed by atoms with Crippen molar-refractivity contribution >= 4 is 50.1 Å². The second-order valence-corrected chi connectivity index (χ2v) is 9.81. The molecule has 0 aliphatic heterocycles. The van der Waals surface area contributed by atoms with Gasteiger partial charge < -0.3 is 20.5 Å². The quantitative estimate of drug-likeness (QED) is 0.188. The molecule has 0 fully saturated rings. The number of fused-ring (bicyclic) bond motifs is 1. The maximum Gasteiger partial charge on any atom is 0.344 e. The molecular formula is C29H27N5O3S. The number of aromatic nitrogens is 3. The summed E-state index contributed by atoms with van der Waals surface area (Å²) in [5.74, 6) is 0.518. The summed E-state index contributed by atoms with van der Waals surface area (Å²) in [6.45, 7) is 3.63. The number of nitrogens with zero attached hydrogens (tertiary/aromatic N) is 3. The third kappa shape index (κ3) is 6.24. The van der Waals surface area contributed by atoms with E-state index in [1.165, 1.54) is 12.5 Å². The molecule has 0 aliphatic rings. The van der Waals surface area contributed by atoms with Crippen LogP contribution in [0.4, 0.5) is 22.6 Å². The zero-order valence-electron chi connectivity index (χ0n) is 21.0. The van der Waals surface area contributed by atoms with E-state index >= 15 is 0 Å². The Bertz CT molecular complexity index is 1550. The molecule has 2 heterocycles. The summed E-state index contributed by atoms with van der Waals surface area (Å²) in [6, 6.07) is 25.4. The van der Waals surface area contributed by atoms with E-state index in [4.69, 9.17) is 19.8 Å². The van der Waals surface area contributed by atoms with Gasteiger partial charge in [0.25, 0.3) is 0 Å². The van der Waals surface area contributed by atoms with E-state index in [1.54, 1.807) is 35.6 Å². The summed E-state index contributed by atoms with van der Waals surface area (Å²) in [5.41, 5.74) is 4.96. The molecule has 0 spiro atoms. The Morgan fingerprint density at radius 2 is 1.74 bits per heavy atom. The van der Waals surface area contributed by atoms with Crippen LogP contribution in [0.25, 0.3) is 10.2 Å². The van der Waals surface area contributed by atoms with Gasteiger partial charge in [0.1, 0.15) is 11.6 Å². The number of carboxylic acid groups (broad SMARTS) is 1. The Hall–Kier alpha value is -4.50. The van der Waals surface area contributed by atoms with Gasteiger partial charge in [0.2, 0.25) is 5.95 Å². The highest BCUT2D eigenvalue weighted by Crippen LogP contribution is 2.30. The summed E-state index contributed by atoms with van der Waals surface area (Å²) in [5, 5.41) is 16.4. The number of benzene rings is 3. The van der Waals surface area contributed by atoms with Gasteiger partial charge in [-0.1, -0.05) is 54.7 Å². The normalized spacial score (nSPS) is 11.7. The molecule has 38 heavy (non-hydrogen) atoms. The zero-order chi connectivity index (χ0) is 26.5. The smallest absolute Gasteiger partial charge is 0.344 e. The number of anilines is 4. The van der Waals surface area contributed by atoms with Crippen LogP contribution in [0.15, 0.2) is 78.9 Å². The van der Waals surface area contributed by atoms with Crippen LogP contribution >= 0.6 is 11.3 Å². The van der Waals surface area contributed by atoms with Crippen molar-refractivity contribution in [3.63, 3.8) is 0 Å². The van der Waals surface area contributed by atoms with Crippen molar-refractivity contribution in [1.29, 1.82) is 0 Å². The van der Waals surface area contributed by atoms with E-state index in [0.29, 0.717) is 23.9 Å². The molecule has 1 atom stereocenters. The molecule has 0 aliphatic carbocycles. The van der Waals surface area contributed by atoms with Crippen LogP contribution in [-0.4, -0.2) is 32.1 Å². The van der Waals surface area contributed by atoms with Crippen LogP contribution in [-0.2, 0) is 17.6 Å². The molecular weight excluding hydrogens is 498 g/mol. The second kappa shape index (κ2) is 11.3. The fraction of sp³-hybridized carbons (Fsp3) is 0.172. The molecule has 1 unspecified atom stereocenters. The minimum Gasteiger partial charge on any atom is -0.479 e. The number of thiazole rings is 1. The lowest BCUT2D eigenvalue weighted by molar-refractivity contribution is -0.144. The Kier molecular flexibility index (Phi) is 7.46. The number of hydrogen-bond acceptors (Lipinski definition) is 8. The highest BCUT2D eigenvalue weighted by Gasteiger charge is 2.13. The molecule has 5 rings (SSSR count). The molecule has 5 aromatic rings. The van der Waals surface area contributed by atoms with Crippen molar-refractivity contribution in [2.75, 3.05) is 10.6 Å². The van der Waals surface area contributed by atoms with Crippen LogP contribution in [0.5, 0.6) is 5.75 Å². The van der Waals surface area contributed by atoms with Gasteiger partial charge in [-0.2, -0.15) is 4.98 Å². The molecule has 0 saturated carbocycles. The van der Waals surface area contributed by atoms with Gasteiger partial charge in [-0.25, -0.2) is 14.8 Å². The van der Waals surface area contributed by atoms with E-state index in [-0.39, 0.29) is 0 Å². The minimum absolute atomic E-state index is 0.433. The predicted molar refractivity (Wildman–Crippen MR) is 151 cm³/mol. The summed E-state index contributed by atoms with van der Waals surface area (Å²) >= 11 is 1.59. The Labute approximate surface area is 224 Å². The summed E-state index contributed by atoms with van der Waals surface area (Å²) < 4.78 is 6.55. The SMILES string of the molecule is CCc1ccc2nc(Nc3cc(Cc4ccccc4)nc(Nc4ccc(OC(C)C(=O)O)cc4)n3)sc2c1. The van der Waals surface area contributed by atoms with E-state index in [2.05, 4.69) is 46.8 Å². The lowest BCUT2D eigenvalue weighted by Crippen LogP contribution is -2.22. The first-order chi connectivity index (χ1) is 18.4. The molecule has 2 aromatic heterocycles. The summed E-state index contributed by atoms with van der Waals surface area (Å²) in [4.78, 5) is 25.2. The van der Waals surface area contributed by atoms with E-state index in [0.717, 1.165) is 38.7 Å². The van der Waals surface area contributed by atoms with Gasteiger partial charge in [-0.05, 0) is 60.9 Å². The molecule has 3 N–H and O–H groups in total. The number of aryl methyl sites for hydroxylation is 1. The van der Waals surface area contributed by atoms with Crippen LogP contribution in [0, 0.1) is 0 Å². The van der Waals surface area contributed by atoms with Crippen LogP contribution in [0.2, 0.25) is 0 Å². The number of carbonyl (C=O) groups is 1. The fourth-order valence-electron chi connectivity index (χ4n) is 3.87. The topological polar surface area (TPSA) is 109 Å². The maximum atomic E-state index is 11.1. The van der Waals surface area contributed by atoms with Gasteiger partial charge in [0, 0.05) is 18.2 Å². The summed E-state index contributed by atoms with van der Waals surface area (Å²) in [7, 11) is 0. The molecule has 0 saturated heterocycles. The maximum absolute atomic E-state index is 11.1.